The first-order valence-electron chi connectivity index (χ1n) is 6.20. The predicted octanol–water partition coefficient (Wildman–Crippen LogP) is 3.23. The topological polar surface area (TPSA) is 21.3 Å². The summed E-state index contributed by atoms with van der Waals surface area (Å²) in [5.41, 5.74) is 0. The molecule has 0 aromatic carbocycles. The van der Waals surface area contributed by atoms with Crippen molar-refractivity contribution in [3.05, 3.63) is 0 Å². The summed E-state index contributed by atoms with van der Waals surface area (Å²) in [5, 5.41) is 3.26. The summed E-state index contributed by atoms with van der Waals surface area (Å²) in [5.74, 6) is 0.717. The van der Waals surface area contributed by atoms with Crippen LogP contribution in [0.15, 0.2) is 0 Å². The number of hydrogen-bond donors (Lipinski definition) is 1. The van der Waals surface area contributed by atoms with E-state index in [1.807, 2.05) is 6.92 Å². The second-order valence-electron chi connectivity index (χ2n) is 4.84. The largest absolute Gasteiger partial charge is 0.411 e. The van der Waals surface area contributed by atoms with Gasteiger partial charge in [0.15, 0.2) is 0 Å². The van der Waals surface area contributed by atoms with Crippen LogP contribution in [0, 0.1) is 11.8 Å². The highest BCUT2D eigenvalue weighted by Gasteiger charge is 2.27. The molecule has 0 bridgehead atoms. The van der Waals surface area contributed by atoms with Gasteiger partial charge in [-0.15, -0.1) is 0 Å². The monoisotopic (exact) mass is 255 g/mol. The van der Waals surface area contributed by atoms with Gasteiger partial charge in [-0.25, -0.2) is 0 Å². The molecule has 0 saturated carbocycles. The van der Waals surface area contributed by atoms with E-state index >= 15 is 0 Å². The number of alkyl halides is 3. The molecule has 1 atom stereocenters. The standard InChI is InChI=1S/C12H24F3NO/c1-4-5-11(7-16-6-10(2)3)8-17-9-12(13,14)15/h10-11,16H,4-9H2,1-3H3. The van der Waals surface area contributed by atoms with Gasteiger partial charge in [0.25, 0.3) is 0 Å². The summed E-state index contributed by atoms with van der Waals surface area (Å²) in [7, 11) is 0. The van der Waals surface area contributed by atoms with Crippen molar-refractivity contribution in [2.75, 3.05) is 26.3 Å². The molecular formula is C12H24F3NO. The first kappa shape index (κ1) is 16.7. The molecule has 0 aliphatic heterocycles. The number of nitrogens with one attached hydrogen (secondary N) is 1. The second kappa shape index (κ2) is 8.75. The minimum absolute atomic E-state index is 0.168. The molecule has 0 aromatic heterocycles. The highest BCUT2D eigenvalue weighted by atomic mass is 19.4. The van der Waals surface area contributed by atoms with E-state index in [2.05, 4.69) is 19.2 Å². The number of halogens is 3. The van der Waals surface area contributed by atoms with Crippen LogP contribution >= 0.6 is 0 Å². The summed E-state index contributed by atoms with van der Waals surface area (Å²) in [6.45, 7) is 6.88. The molecule has 1 N–H and O–H groups in total. The fourth-order valence-electron chi connectivity index (χ4n) is 1.57. The zero-order valence-corrected chi connectivity index (χ0v) is 10.9. The Hall–Kier alpha value is -0.290. The van der Waals surface area contributed by atoms with Crippen LogP contribution in [-0.4, -0.2) is 32.5 Å². The van der Waals surface area contributed by atoms with Gasteiger partial charge in [-0.3, -0.25) is 0 Å². The SMILES string of the molecule is CCCC(CNCC(C)C)COCC(F)(F)F. The van der Waals surface area contributed by atoms with E-state index < -0.39 is 12.8 Å². The van der Waals surface area contributed by atoms with Gasteiger partial charge < -0.3 is 10.1 Å². The summed E-state index contributed by atoms with van der Waals surface area (Å²) < 4.78 is 40.4. The van der Waals surface area contributed by atoms with Crippen molar-refractivity contribution in [3.8, 4) is 0 Å². The van der Waals surface area contributed by atoms with Gasteiger partial charge in [0.05, 0.1) is 6.61 Å². The maximum atomic E-state index is 11.9. The Morgan fingerprint density at radius 3 is 2.29 bits per heavy atom. The van der Waals surface area contributed by atoms with Gasteiger partial charge in [-0.1, -0.05) is 27.2 Å². The predicted molar refractivity (Wildman–Crippen MR) is 63.0 cm³/mol. The molecule has 0 amide bonds. The third-order valence-corrected chi connectivity index (χ3v) is 2.30. The van der Waals surface area contributed by atoms with E-state index in [0.717, 1.165) is 25.9 Å². The quantitative estimate of drug-likeness (QED) is 0.683. The lowest BCUT2D eigenvalue weighted by atomic mass is 10.0. The van der Waals surface area contributed by atoms with Crippen molar-refractivity contribution in [3.63, 3.8) is 0 Å². The lowest BCUT2D eigenvalue weighted by Gasteiger charge is -2.18. The van der Waals surface area contributed by atoms with Crippen LogP contribution in [0.1, 0.15) is 33.6 Å². The Labute approximate surface area is 102 Å². The highest BCUT2D eigenvalue weighted by Crippen LogP contribution is 2.15. The van der Waals surface area contributed by atoms with Crippen molar-refractivity contribution in [1.29, 1.82) is 0 Å². The molecule has 0 spiro atoms. The normalized spacial score (nSPS) is 14.3. The number of rotatable bonds is 9. The molecule has 0 fully saturated rings. The van der Waals surface area contributed by atoms with Crippen molar-refractivity contribution >= 4 is 0 Å². The molecular weight excluding hydrogens is 231 g/mol. The molecule has 2 nitrogen and oxygen atoms in total. The van der Waals surface area contributed by atoms with Crippen LogP contribution in [0.2, 0.25) is 0 Å². The van der Waals surface area contributed by atoms with Gasteiger partial charge in [0, 0.05) is 6.54 Å². The van der Waals surface area contributed by atoms with Crippen LogP contribution in [-0.2, 0) is 4.74 Å². The zero-order chi connectivity index (χ0) is 13.3. The Morgan fingerprint density at radius 1 is 1.18 bits per heavy atom. The maximum absolute atomic E-state index is 11.9. The van der Waals surface area contributed by atoms with Gasteiger partial charge in [-0.2, -0.15) is 13.2 Å². The molecule has 0 aliphatic rings. The van der Waals surface area contributed by atoms with Crippen LogP contribution < -0.4 is 5.32 Å². The van der Waals surface area contributed by atoms with Crippen molar-refractivity contribution in [1.82, 2.24) is 5.32 Å². The average Bonchev–Trinajstić information content (AvgIpc) is 2.15. The Bertz CT molecular complexity index is 183. The van der Waals surface area contributed by atoms with E-state index in [-0.39, 0.29) is 12.5 Å². The minimum Gasteiger partial charge on any atom is -0.372 e. The fraction of sp³-hybridized carbons (Fsp3) is 1.00. The Morgan fingerprint density at radius 2 is 1.82 bits per heavy atom. The summed E-state index contributed by atoms with van der Waals surface area (Å²) >= 11 is 0. The summed E-state index contributed by atoms with van der Waals surface area (Å²) in [6, 6.07) is 0. The zero-order valence-electron chi connectivity index (χ0n) is 10.9. The molecule has 0 radical (unpaired) electrons. The smallest absolute Gasteiger partial charge is 0.372 e. The van der Waals surface area contributed by atoms with Gasteiger partial charge >= 0.3 is 6.18 Å². The molecule has 5 heteroatoms. The third kappa shape index (κ3) is 12.0. The lowest BCUT2D eigenvalue weighted by molar-refractivity contribution is -0.176. The Kier molecular flexibility index (Phi) is 8.60. The molecule has 0 saturated heterocycles. The molecule has 1 unspecified atom stereocenters. The maximum Gasteiger partial charge on any atom is 0.411 e. The highest BCUT2D eigenvalue weighted by molar-refractivity contribution is 4.63. The number of hydrogen-bond acceptors (Lipinski definition) is 2. The van der Waals surface area contributed by atoms with Crippen LogP contribution in [0.5, 0.6) is 0 Å². The lowest BCUT2D eigenvalue weighted by Crippen LogP contribution is -2.30. The van der Waals surface area contributed by atoms with Gasteiger partial charge in [0.2, 0.25) is 0 Å². The molecule has 17 heavy (non-hydrogen) atoms. The molecule has 104 valence electrons. The van der Waals surface area contributed by atoms with Crippen molar-refractivity contribution in [2.45, 2.75) is 39.8 Å². The molecule has 0 rings (SSSR count). The van der Waals surface area contributed by atoms with E-state index in [4.69, 9.17) is 4.74 Å². The molecule has 0 aromatic rings. The van der Waals surface area contributed by atoms with Crippen molar-refractivity contribution in [2.24, 2.45) is 11.8 Å². The van der Waals surface area contributed by atoms with E-state index in [9.17, 15) is 13.2 Å². The van der Waals surface area contributed by atoms with Crippen LogP contribution in [0.3, 0.4) is 0 Å². The van der Waals surface area contributed by atoms with Gasteiger partial charge in [0.1, 0.15) is 6.61 Å². The van der Waals surface area contributed by atoms with E-state index in [0.29, 0.717) is 5.92 Å². The van der Waals surface area contributed by atoms with Gasteiger partial charge in [-0.05, 0) is 24.8 Å². The first-order valence-corrected chi connectivity index (χ1v) is 6.20. The van der Waals surface area contributed by atoms with E-state index in [1.54, 1.807) is 0 Å². The van der Waals surface area contributed by atoms with Crippen LogP contribution in [0.25, 0.3) is 0 Å². The summed E-state index contributed by atoms with van der Waals surface area (Å²) in [4.78, 5) is 0. The number of ether oxygens (including phenoxy) is 1. The molecule has 0 heterocycles. The van der Waals surface area contributed by atoms with Crippen molar-refractivity contribution < 1.29 is 17.9 Å². The first-order chi connectivity index (χ1) is 7.85. The second-order valence-corrected chi connectivity index (χ2v) is 4.84. The molecule has 0 aliphatic carbocycles. The summed E-state index contributed by atoms with van der Waals surface area (Å²) in [6.07, 6.45) is -2.37. The fourth-order valence-corrected chi connectivity index (χ4v) is 1.57. The third-order valence-electron chi connectivity index (χ3n) is 2.30. The Balaban J connectivity index is 3.74. The van der Waals surface area contributed by atoms with Crippen LogP contribution in [0.4, 0.5) is 13.2 Å². The van der Waals surface area contributed by atoms with E-state index in [1.165, 1.54) is 0 Å². The average molecular weight is 255 g/mol. The minimum atomic E-state index is -4.22.